The molecule has 0 N–H and O–H groups in total. The molecule has 0 radical (unpaired) electrons. The van der Waals surface area contributed by atoms with Crippen molar-refractivity contribution in [2.75, 3.05) is 0 Å². The Morgan fingerprint density at radius 3 is 2.57 bits per heavy atom. The molecule has 116 valence electrons. The molecule has 0 amide bonds. The molecule has 0 spiro atoms. The smallest absolute Gasteiger partial charge is 0.222 e. The number of pyridine rings is 1. The van der Waals surface area contributed by atoms with Crippen molar-refractivity contribution in [1.29, 1.82) is 0 Å². The molecule has 0 aliphatic carbocycles. The zero-order chi connectivity index (χ0) is 16.2. The Balaban J connectivity index is 1.98. The van der Waals surface area contributed by atoms with E-state index in [1.54, 1.807) is 18.3 Å². The average molecular weight is 346 g/mol. The molecule has 2 aromatic heterocycles. The molecule has 0 unspecified atom stereocenters. The summed E-state index contributed by atoms with van der Waals surface area (Å²) in [4.78, 5) is 12.4. The summed E-state index contributed by atoms with van der Waals surface area (Å²) in [6, 6.07) is 13.3. The summed E-state index contributed by atoms with van der Waals surface area (Å²) in [5.41, 5.74) is 3.18. The van der Waals surface area contributed by atoms with Crippen molar-refractivity contribution in [2.45, 2.75) is 13.5 Å². The molecule has 3 rings (SSSR count). The maximum Gasteiger partial charge on any atom is 0.222 e. The summed E-state index contributed by atoms with van der Waals surface area (Å²) < 4.78 is 5.95. The molecule has 0 aliphatic rings. The van der Waals surface area contributed by atoms with Gasteiger partial charge in [-0.1, -0.05) is 41.9 Å². The van der Waals surface area contributed by atoms with E-state index in [0.717, 1.165) is 16.8 Å². The molecule has 0 saturated carbocycles. The molecule has 0 fully saturated rings. The molecule has 3 aromatic rings. The Hall–Kier alpha value is -2.17. The Morgan fingerprint density at radius 1 is 1.04 bits per heavy atom. The van der Waals surface area contributed by atoms with E-state index in [9.17, 15) is 0 Å². The minimum atomic E-state index is 0.172. The lowest BCUT2D eigenvalue weighted by Gasteiger charge is -2.14. The number of hydrogen-bond acceptors (Lipinski definition) is 4. The number of aromatic nitrogens is 3. The van der Waals surface area contributed by atoms with Crippen molar-refractivity contribution in [3.05, 3.63) is 70.4 Å². The second-order valence-corrected chi connectivity index (χ2v) is 5.61. The maximum atomic E-state index is 6.07. The number of aryl methyl sites for hydroxylation is 1. The van der Waals surface area contributed by atoms with E-state index < -0.39 is 0 Å². The van der Waals surface area contributed by atoms with Crippen molar-refractivity contribution in [3.63, 3.8) is 0 Å². The number of benzene rings is 1. The largest absolute Gasteiger partial charge is 0.488 e. The normalized spacial score (nSPS) is 10.6. The highest BCUT2D eigenvalue weighted by Crippen LogP contribution is 2.34. The number of halogens is 2. The lowest BCUT2D eigenvalue weighted by molar-refractivity contribution is 0.307. The van der Waals surface area contributed by atoms with E-state index in [4.69, 9.17) is 27.9 Å². The minimum absolute atomic E-state index is 0.172. The zero-order valence-corrected chi connectivity index (χ0v) is 13.8. The molecule has 2 heterocycles. The lowest BCUT2D eigenvalue weighted by Crippen LogP contribution is -2.01. The fraction of sp³-hybridized carbons (Fsp3) is 0.118. The number of nitrogens with zero attached hydrogens (tertiary/aromatic N) is 3. The van der Waals surface area contributed by atoms with Crippen molar-refractivity contribution in [1.82, 2.24) is 15.0 Å². The van der Waals surface area contributed by atoms with Gasteiger partial charge in [0.2, 0.25) is 5.28 Å². The number of hydrogen-bond donors (Lipinski definition) is 0. The van der Waals surface area contributed by atoms with Crippen LogP contribution in [0.25, 0.3) is 11.3 Å². The Bertz CT molecular complexity index is 825. The highest BCUT2D eigenvalue weighted by Gasteiger charge is 2.15. The van der Waals surface area contributed by atoms with Crippen LogP contribution in [0, 0.1) is 6.92 Å². The first-order valence-electron chi connectivity index (χ1n) is 6.96. The van der Waals surface area contributed by atoms with E-state index in [-0.39, 0.29) is 5.28 Å². The quantitative estimate of drug-likeness (QED) is 0.506. The Labute approximate surface area is 144 Å². The fourth-order valence-electron chi connectivity index (χ4n) is 2.24. The van der Waals surface area contributed by atoms with Gasteiger partial charge >= 0.3 is 0 Å². The number of ether oxygens (including phenoxy) is 1. The third-order valence-electron chi connectivity index (χ3n) is 3.25. The molecule has 23 heavy (non-hydrogen) atoms. The van der Waals surface area contributed by atoms with Crippen molar-refractivity contribution in [2.24, 2.45) is 0 Å². The lowest BCUT2D eigenvalue weighted by atomic mass is 10.1. The predicted octanol–water partition coefficient (Wildman–Crippen LogP) is 4.73. The predicted molar refractivity (Wildman–Crippen MR) is 90.8 cm³/mol. The van der Waals surface area contributed by atoms with E-state index >= 15 is 0 Å². The molecule has 0 saturated heterocycles. The molecule has 0 atom stereocenters. The molecular weight excluding hydrogens is 333 g/mol. The van der Waals surface area contributed by atoms with Crippen molar-refractivity contribution < 1.29 is 4.74 Å². The van der Waals surface area contributed by atoms with Gasteiger partial charge in [-0.2, -0.15) is 0 Å². The minimum Gasteiger partial charge on any atom is -0.488 e. The molecule has 1 aromatic carbocycles. The van der Waals surface area contributed by atoms with Gasteiger partial charge in [0.25, 0.3) is 0 Å². The van der Waals surface area contributed by atoms with Gasteiger partial charge in [-0.05, 0) is 30.2 Å². The summed E-state index contributed by atoms with van der Waals surface area (Å²) in [6.45, 7) is 2.28. The first-order valence-corrected chi connectivity index (χ1v) is 7.72. The zero-order valence-electron chi connectivity index (χ0n) is 12.3. The van der Waals surface area contributed by atoms with Crippen LogP contribution in [0.3, 0.4) is 0 Å². The van der Waals surface area contributed by atoms with Crippen LogP contribution < -0.4 is 4.74 Å². The standard InChI is InChI=1S/C17H13Cl2N3O/c1-11-16(13-7-8-20-17(19)22-13)14(9-15(18)21-11)23-10-12-5-3-2-4-6-12/h2-9H,10H2,1H3. The first-order chi connectivity index (χ1) is 11.1. The third-order valence-corrected chi connectivity index (χ3v) is 3.63. The van der Waals surface area contributed by atoms with Gasteiger partial charge in [0.1, 0.15) is 17.5 Å². The second-order valence-electron chi connectivity index (χ2n) is 4.89. The van der Waals surface area contributed by atoms with E-state index in [2.05, 4.69) is 15.0 Å². The van der Waals surface area contributed by atoms with Gasteiger partial charge in [-0.3, -0.25) is 0 Å². The van der Waals surface area contributed by atoms with Gasteiger partial charge in [-0.25, -0.2) is 15.0 Å². The van der Waals surface area contributed by atoms with Crippen LogP contribution in [0.2, 0.25) is 10.4 Å². The van der Waals surface area contributed by atoms with Crippen LogP contribution >= 0.6 is 23.2 Å². The second kappa shape index (κ2) is 6.94. The molecule has 4 nitrogen and oxygen atoms in total. The molecule has 0 bridgehead atoms. The Morgan fingerprint density at radius 2 is 1.83 bits per heavy atom. The summed E-state index contributed by atoms with van der Waals surface area (Å²) in [7, 11) is 0. The molecule has 0 aliphatic heterocycles. The van der Waals surface area contributed by atoms with Gasteiger partial charge in [0.05, 0.1) is 17.0 Å². The highest BCUT2D eigenvalue weighted by molar-refractivity contribution is 6.29. The van der Waals surface area contributed by atoms with Crippen LogP contribution in [0.15, 0.2) is 48.7 Å². The van der Waals surface area contributed by atoms with Gasteiger partial charge < -0.3 is 4.74 Å². The summed E-state index contributed by atoms with van der Waals surface area (Å²) >= 11 is 12.0. The molecule has 6 heteroatoms. The van der Waals surface area contributed by atoms with Crippen LogP contribution in [-0.4, -0.2) is 15.0 Å². The summed E-state index contributed by atoms with van der Waals surface area (Å²) in [6.07, 6.45) is 1.60. The third kappa shape index (κ3) is 3.78. The molecular formula is C17H13Cl2N3O. The van der Waals surface area contributed by atoms with Gasteiger partial charge in [-0.15, -0.1) is 0 Å². The Kier molecular flexibility index (Phi) is 4.74. The van der Waals surface area contributed by atoms with Crippen molar-refractivity contribution in [3.8, 4) is 17.0 Å². The maximum absolute atomic E-state index is 6.07. The van der Waals surface area contributed by atoms with Crippen LogP contribution in [0.4, 0.5) is 0 Å². The fourth-order valence-corrected chi connectivity index (χ4v) is 2.62. The van der Waals surface area contributed by atoms with E-state index in [0.29, 0.717) is 23.2 Å². The van der Waals surface area contributed by atoms with Gasteiger partial charge in [0.15, 0.2) is 0 Å². The first kappa shape index (κ1) is 15.7. The SMILES string of the molecule is Cc1nc(Cl)cc(OCc2ccccc2)c1-c1ccnc(Cl)n1. The highest BCUT2D eigenvalue weighted by atomic mass is 35.5. The summed E-state index contributed by atoms with van der Waals surface area (Å²) in [5, 5.41) is 0.542. The van der Waals surface area contributed by atoms with Gasteiger partial charge in [0, 0.05) is 12.3 Å². The topological polar surface area (TPSA) is 47.9 Å². The van der Waals surface area contributed by atoms with Crippen LogP contribution in [0.1, 0.15) is 11.3 Å². The van der Waals surface area contributed by atoms with Crippen LogP contribution in [-0.2, 0) is 6.61 Å². The van der Waals surface area contributed by atoms with Crippen molar-refractivity contribution >= 4 is 23.2 Å². The average Bonchev–Trinajstić information content (AvgIpc) is 2.53. The number of rotatable bonds is 4. The summed E-state index contributed by atoms with van der Waals surface area (Å²) in [5.74, 6) is 0.612. The van der Waals surface area contributed by atoms with E-state index in [1.807, 2.05) is 37.3 Å². The monoisotopic (exact) mass is 345 g/mol. The van der Waals surface area contributed by atoms with E-state index in [1.165, 1.54) is 0 Å². The van der Waals surface area contributed by atoms with Crippen LogP contribution in [0.5, 0.6) is 5.75 Å².